The van der Waals surface area contributed by atoms with Crippen LogP contribution in [0.5, 0.6) is 0 Å². The number of sulfonamides is 1. The third-order valence-corrected chi connectivity index (χ3v) is 5.80. The van der Waals surface area contributed by atoms with Crippen LogP contribution >= 0.6 is 0 Å². The molecule has 0 unspecified atom stereocenters. The summed E-state index contributed by atoms with van der Waals surface area (Å²) in [7, 11) is -2.14. The molecule has 0 radical (unpaired) electrons. The Bertz CT molecular complexity index is 895. The lowest BCUT2D eigenvalue weighted by Gasteiger charge is -2.29. The Kier molecular flexibility index (Phi) is 4.87. The molecule has 0 saturated carbocycles. The maximum atomic E-state index is 13.0. The second-order valence-corrected chi connectivity index (χ2v) is 7.89. The van der Waals surface area contributed by atoms with Gasteiger partial charge in [-0.1, -0.05) is 18.2 Å². The molecule has 1 heterocycles. The molecule has 1 aliphatic rings. The van der Waals surface area contributed by atoms with E-state index < -0.39 is 10.0 Å². The fraction of sp³-hybridized carbons (Fsp3) is 0.278. The van der Waals surface area contributed by atoms with E-state index in [0.29, 0.717) is 19.5 Å². The third kappa shape index (κ3) is 3.88. The first-order valence-corrected chi connectivity index (χ1v) is 9.45. The number of benzene rings is 2. The van der Waals surface area contributed by atoms with Gasteiger partial charge in [0.25, 0.3) is 0 Å². The summed E-state index contributed by atoms with van der Waals surface area (Å²) >= 11 is 0. The maximum Gasteiger partial charge on any atom is 0.240 e. The number of nitrogens with one attached hydrogen (secondary N) is 1. The number of nitrogens with zero attached hydrogens (tertiary/aromatic N) is 1. The Labute approximate surface area is 146 Å². The van der Waals surface area contributed by atoms with Gasteiger partial charge in [0.2, 0.25) is 15.9 Å². The van der Waals surface area contributed by atoms with Gasteiger partial charge in [0.1, 0.15) is 5.82 Å². The number of halogens is 1. The molecule has 132 valence electrons. The predicted octanol–water partition coefficient (Wildman–Crippen LogP) is 1.86. The average molecular weight is 362 g/mol. The molecular weight excluding hydrogens is 343 g/mol. The van der Waals surface area contributed by atoms with Gasteiger partial charge in [-0.25, -0.2) is 17.5 Å². The number of hydrogen-bond acceptors (Lipinski definition) is 3. The number of carbonyl (C=O) groups excluding carboxylic acids is 1. The van der Waals surface area contributed by atoms with Crippen LogP contribution in [0.4, 0.5) is 4.39 Å². The number of rotatable bonds is 4. The summed E-state index contributed by atoms with van der Waals surface area (Å²) in [4.78, 5) is 14.4. The minimum absolute atomic E-state index is 0.0564. The van der Waals surface area contributed by atoms with Gasteiger partial charge in [0.15, 0.2) is 0 Å². The van der Waals surface area contributed by atoms with Crippen LogP contribution in [-0.2, 0) is 34.2 Å². The second-order valence-electron chi connectivity index (χ2n) is 6.01. The van der Waals surface area contributed by atoms with Crippen LogP contribution in [0.2, 0.25) is 0 Å². The Morgan fingerprint density at radius 1 is 1.16 bits per heavy atom. The van der Waals surface area contributed by atoms with Crippen LogP contribution in [0.15, 0.2) is 47.4 Å². The first kappa shape index (κ1) is 17.6. The summed E-state index contributed by atoms with van der Waals surface area (Å²) in [6.07, 6.45) is 0.883. The van der Waals surface area contributed by atoms with E-state index in [0.717, 1.165) is 16.7 Å². The van der Waals surface area contributed by atoms with Crippen molar-refractivity contribution in [1.29, 1.82) is 0 Å². The molecule has 0 aliphatic carbocycles. The van der Waals surface area contributed by atoms with Gasteiger partial charge in [-0.3, -0.25) is 4.79 Å². The highest BCUT2D eigenvalue weighted by Gasteiger charge is 2.22. The lowest BCUT2D eigenvalue weighted by atomic mass is 9.99. The van der Waals surface area contributed by atoms with Gasteiger partial charge in [-0.15, -0.1) is 0 Å². The molecule has 0 atom stereocenters. The van der Waals surface area contributed by atoms with Crippen molar-refractivity contribution < 1.29 is 17.6 Å². The summed E-state index contributed by atoms with van der Waals surface area (Å²) in [5.41, 5.74) is 2.65. The SMILES string of the molecule is CNS(=O)(=O)c1ccc2c(c1)CN(C(=O)Cc1ccc(F)cc1)CC2. The summed E-state index contributed by atoms with van der Waals surface area (Å²) in [6, 6.07) is 10.9. The molecule has 1 aliphatic heterocycles. The highest BCUT2D eigenvalue weighted by Crippen LogP contribution is 2.23. The minimum Gasteiger partial charge on any atom is -0.338 e. The minimum atomic E-state index is -3.51. The molecule has 0 saturated heterocycles. The summed E-state index contributed by atoms with van der Waals surface area (Å²) < 4.78 is 39.2. The molecule has 2 aromatic rings. The number of hydrogen-bond donors (Lipinski definition) is 1. The van der Waals surface area contributed by atoms with Gasteiger partial charge in [0, 0.05) is 13.1 Å². The number of carbonyl (C=O) groups is 1. The third-order valence-electron chi connectivity index (χ3n) is 4.39. The van der Waals surface area contributed by atoms with Crippen molar-refractivity contribution in [1.82, 2.24) is 9.62 Å². The Balaban J connectivity index is 1.76. The second kappa shape index (κ2) is 6.93. The normalized spacial score (nSPS) is 14.2. The highest BCUT2D eigenvalue weighted by atomic mass is 32.2. The molecule has 0 spiro atoms. The fourth-order valence-corrected chi connectivity index (χ4v) is 3.70. The van der Waals surface area contributed by atoms with E-state index in [1.54, 1.807) is 35.2 Å². The van der Waals surface area contributed by atoms with Crippen molar-refractivity contribution in [2.45, 2.75) is 24.3 Å². The average Bonchev–Trinajstić information content (AvgIpc) is 2.62. The van der Waals surface area contributed by atoms with Crippen LogP contribution in [0.3, 0.4) is 0 Å². The van der Waals surface area contributed by atoms with E-state index in [1.165, 1.54) is 19.2 Å². The lowest BCUT2D eigenvalue weighted by molar-refractivity contribution is -0.131. The molecular formula is C18H19FN2O3S. The molecule has 3 rings (SSSR count). The van der Waals surface area contributed by atoms with Crippen molar-refractivity contribution in [2.75, 3.05) is 13.6 Å². The van der Waals surface area contributed by atoms with Crippen LogP contribution < -0.4 is 4.72 Å². The standard InChI is InChI=1S/C18H19FN2O3S/c1-20-25(23,24)17-7-4-14-8-9-21(12-15(14)11-17)18(22)10-13-2-5-16(19)6-3-13/h2-7,11,20H,8-10,12H2,1H3. The molecule has 0 aromatic heterocycles. The molecule has 1 amide bonds. The van der Waals surface area contributed by atoms with Crippen LogP contribution in [0.1, 0.15) is 16.7 Å². The summed E-state index contributed by atoms with van der Waals surface area (Å²) in [5, 5.41) is 0. The molecule has 1 N–H and O–H groups in total. The van der Waals surface area contributed by atoms with Gasteiger partial charge >= 0.3 is 0 Å². The molecule has 7 heteroatoms. The molecule has 2 aromatic carbocycles. The van der Waals surface area contributed by atoms with Gasteiger partial charge in [0.05, 0.1) is 11.3 Å². The van der Waals surface area contributed by atoms with Crippen molar-refractivity contribution in [2.24, 2.45) is 0 Å². The summed E-state index contributed by atoms with van der Waals surface area (Å²) in [6.45, 7) is 0.966. The van der Waals surface area contributed by atoms with E-state index >= 15 is 0 Å². The first-order chi connectivity index (χ1) is 11.9. The van der Waals surface area contributed by atoms with Gasteiger partial charge in [-0.2, -0.15) is 0 Å². The van der Waals surface area contributed by atoms with Crippen molar-refractivity contribution >= 4 is 15.9 Å². The monoisotopic (exact) mass is 362 g/mol. The van der Waals surface area contributed by atoms with E-state index in [1.807, 2.05) is 0 Å². The first-order valence-electron chi connectivity index (χ1n) is 7.96. The maximum absolute atomic E-state index is 13.0. The molecule has 0 fully saturated rings. The van der Waals surface area contributed by atoms with Crippen LogP contribution in [0.25, 0.3) is 0 Å². The lowest BCUT2D eigenvalue weighted by Crippen LogP contribution is -2.37. The van der Waals surface area contributed by atoms with Crippen molar-refractivity contribution in [3.63, 3.8) is 0 Å². The molecule has 5 nitrogen and oxygen atoms in total. The highest BCUT2D eigenvalue weighted by molar-refractivity contribution is 7.89. The number of fused-ring (bicyclic) bond motifs is 1. The smallest absolute Gasteiger partial charge is 0.240 e. The summed E-state index contributed by atoms with van der Waals surface area (Å²) in [5.74, 6) is -0.388. The van der Waals surface area contributed by atoms with Crippen molar-refractivity contribution in [3.05, 3.63) is 65.0 Å². The number of amides is 1. The zero-order chi connectivity index (χ0) is 18.0. The van der Waals surface area contributed by atoms with E-state index in [9.17, 15) is 17.6 Å². The Morgan fingerprint density at radius 3 is 2.56 bits per heavy atom. The van der Waals surface area contributed by atoms with Crippen LogP contribution in [0, 0.1) is 5.82 Å². The Hall–Kier alpha value is -2.25. The zero-order valence-corrected chi connectivity index (χ0v) is 14.6. The van der Waals surface area contributed by atoms with Crippen LogP contribution in [-0.4, -0.2) is 32.8 Å². The van der Waals surface area contributed by atoms with E-state index in [4.69, 9.17) is 0 Å². The van der Waals surface area contributed by atoms with Gasteiger partial charge < -0.3 is 4.90 Å². The topological polar surface area (TPSA) is 66.5 Å². The quantitative estimate of drug-likeness (QED) is 0.903. The fourth-order valence-electron chi connectivity index (χ4n) is 2.92. The molecule has 25 heavy (non-hydrogen) atoms. The van der Waals surface area contributed by atoms with Crippen molar-refractivity contribution in [3.8, 4) is 0 Å². The zero-order valence-electron chi connectivity index (χ0n) is 13.8. The largest absolute Gasteiger partial charge is 0.338 e. The van der Waals surface area contributed by atoms with Gasteiger partial charge in [-0.05, 0) is 54.4 Å². The molecule has 0 bridgehead atoms. The van der Waals surface area contributed by atoms with E-state index in [-0.39, 0.29) is 23.0 Å². The Morgan fingerprint density at radius 2 is 1.88 bits per heavy atom. The predicted molar refractivity (Wildman–Crippen MR) is 91.9 cm³/mol. The van der Waals surface area contributed by atoms with E-state index in [2.05, 4.69) is 4.72 Å².